The third-order valence-corrected chi connectivity index (χ3v) is 2.74. The maximum Gasteiger partial charge on any atom is 0.404 e. The molecule has 2 rings (SSSR count). The molecule has 6 nitrogen and oxygen atoms in total. The van der Waals surface area contributed by atoms with Gasteiger partial charge in [0, 0.05) is 12.6 Å². The Kier molecular flexibility index (Phi) is 5.59. The second kappa shape index (κ2) is 6.96. The molecule has 1 aliphatic rings. The summed E-state index contributed by atoms with van der Waals surface area (Å²) in [5.74, 6) is 0.221. The minimum atomic E-state index is -0.995. The molecule has 0 aromatic heterocycles. The van der Waals surface area contributed by atoms with Crippen LogP contribution in [0.5, 0.6) is 5.75 Å². The summed E-state index contributed by atoms with van der Waals surface area (Å²) in [6.07, 6.45) is -1.29. The van der Waals surface area contributed by atoms with Crippen molar-refractivity contribution in [2.45, 2.75) is 32.3 Å². The summed E-state index contributed by atoms with van der Waals surface area (Å²) in [5.41, 5.74) is 0.698. The Morgan fingerprint density at radius 2 is 1.68 bits per heavy atom. The molecule has 0 saturated carbocycles. The molecule has 0 radical (unpaired) electrons. The largest absolute Gasteiger partial charge is 0.507 e. The highest BCUT2D eigenvalue weighted by Crippen LogP contribution is 2.34. The minimum Gasteiger partial charge on any atom is -0.507 e. The van der Waals surface area contributed by atoms with Gasteiger partial charge in [0.2, 0.25) is 0 Å². The van der Waals surface area contributed by atoms with Gasteiger partial charge in [-0.05, 0) is 19.9 Å². The van der Waals surface area contributed by atoms with E-state index in [1.54, 1.807) is 12.1 Å². The molecule has 0 aliphatic carbocycles. The summed E-state index contributed by atoms with van der Waals surface area (Å²) >= 11 is 0. The number of benzene rings is 1. The number of hydrogen-bond donors (Lipinski definition) is 3. The summed E-state index contributed by atoms with van der Waals surface area (Å²) < 4.78 is 11.1. The first kappa shape index (κ1) is 15.3. The zero-order chi connectivity index (χ0) is 14.4. The maximum absolute atomic E-state index is 9.58. The summed E-state index contributed by atoms with van der Waals surface area (Å²) in [6.45, 7) is 3.93. The maximum atomic E-state index is 9.58. The molecule has 2 unspecified atom stereocenters. The lowest BCUT2D eigenvalue weighted by molar-refractivity contribution is -0.0664. The highest BCUT2D eigenvalue weighted by atomic mass is 16.7. The third kappa shape index (κ3) is 4.42. The van der Waals surface area contributed by atoms with Crippen molar-refractivity contribution >= 4 is 6.09 Å². The molecule has 6 heteroatoms. The molecule has 106 valence electrons. The van der Waals surface area contributed by atoms with Crippen molar-refractivity contribution in [3.8, 4) is 5.75 Å². The lowest BCUT2D eigenvalue weighted by Crippen LogP contribution is -2.13. The van der Waals surface area contributed by atoms with E-state index in [-0.39, 0.29) is 18.0 Å². The van der Waals surface area contributed by atoms with Crippen molar-refractivity contribution < 1.29 is 24.5 Å². The lowest BCUT2D eigenvalue weighted by atomic mass is 10.2. The average Bonchev–Trinajstić information content (AvgIpc) is 2.70. The van der Waals surface area contributed by atoms with Crippen LogP contribution in [0.3, 0.4) is 0 Å². The number of aromatic hydroxyl groups is 1. The molecule has 1 aromatic rings. The van der Waals surface area contributed by atoms with Gasteiger partial charge in [-0.2, -0.15) is 0 Å². The normalized spacial score (nSPS) is 25.3. The van der Waals surface area contributed by atoms with Gasteiger partial charge in [0.25, 0.3) is 0 Å². The van der Waals surface area contributed by atoms with E-state index in [0.29, 0.717) is 5.56 Å². The van der Waals surface area contributed by atoms with Gasteiger partial charge in [-0.25, -0.2) is 4.79 Å². The highest BCUT2D eigenvalue weighted by molar-refractivity contribution is 5.63. The number of amides is 1. The van der Waals surface area contributed by atoms with Gasteiger partial charge in [-0.15, -0.1) is 0 Å². The number of para-hydroxylation sites is 1. The third-order valence-electron chi connectivity index (χ3n) is 2.74. The van der Waals surface area contributed by atoms with Crippen LogP contribution in [0.4, 0.5) is 4.79 Å². The number of rotatable bonds is 1. The summed E-state index contributed by atoms with van der Waals surface area (Å²) in [6, 6.07) is 7.08. The van der Waals surface area contributed by atoms with Gasteiger partial charge >= 0.3 is 6.09 Å². The molecule has 1 heterocycles. The van der Waals surface area contributed by atoms with Crippen molar-refractivity contribution in [3.05, 3.63) is 29.8 Å². The van der Waals surface area contributed by atoms with Crippen molar-refractivity contribution in [1.29, 1.82) is 0 Å². The van der Waals surface area contributed by atoms with E-state index in [1.807, 2.05) is 31.3 Å². The van der Waals surface area contributed by atoms with Crippen LogP contribution in [0.15, 0.2) is 24.3 Å². The second-order valence-electron chi connectivity index (χ2n) is 4.13. The predicted molar refractivity (Wildman–Crippen MR) is 69.0 cm³/mol. The van der Waals surface area contributed by atoms with Gasteiger partial charge < -0.3 is 25.0 Å². The van der Waals surface area contributed by atoms with E-state index in [9.17, 15) is 9.90 Å². The zero-order valence-electron chi connectivity index (χ0n) is 11.2. The molecule has 1 aromatic carbocycles. The van der Waals surface area contributed by atoms with Crippen molar-refractivity contribution in [2.24, 2.45) is 0 Å². The molecule has 0 bridgehead atoms. The topological polar surface area (TPSA) is 88.0 Å². The Hall–Kier alpha value is -1.79. The second-order valence-corrected chi connectivity index (χ2v) is 4.13. The van der Waals surface area contributed by atoms with Crippen LogP contribution in [0.1, 0.15) is 25.7 Å². The molecule has 0 spiro atoms. The van der Waals surface area contributed by atoms with Crippen LogP contribution in [-0.2, 0) is 9.47 Å². The molecule has 1 fully saturated rings. The Bertz CT molecular complexity index is 413. The number of hydrogen-bond acceptors (Lipinski definition) is 4. The quantitative estimate of drug-likeness (QED) is 0.726. The highest BCUT2D eigenvalue weighted by Gasteiger charge is 2.31. The van der Waals surface area contributed by atoms with Gasteiger partial charge in [-0.3, -0.25) is 0 Å². The van der Waals surface area contributed by atoms with Gasteiger partial charge in [0.1, 0.15) is 5.75 Å². The lowest BCUT2D eigenvalue weighted by Gasteiger charge is -2.11. The smallest absolute Gasteiger partial charge is 0.404 e. The first-order valence-electron chi connectivity index (χ1n) is 5.95. The van der Waals surface area contributed by atoms with E-state index in [4.69, 9.17) is 14.6 Å². The number of nitrogens with one attached hydrogen (secondary N) is 1. The average molecular weight is 269 g/mol. The standard InChI is InChI=1S/C11H14O3.C2H5NO2/c1-7-8(2)14-11(13-7)9-5-3-4-6-10(9)12;1-3-2(4)5/h3-8,11-12H,1-2H3;3H,1H3,(H,4,5). The van der Waals surface area contributed by atoms with Crippen molar-refractivity contribution in [3.63, 3.8) is 0 Å². The fourth-order valence-electron chi connectivity index (χ4n) is 1.48. The van der Waals surface area contributed by atoms with E-state index >= 15 is 0 Å². The molecule has 1 saturated heterocycles. The van der Waals surface area contributed by atoms with Gasteiger partial charge in [-0.1, -0.05) is 18.2 Å². The van der Waals surface area contributed by atoms with E-state index in [2.05, 4.69) is 0 Å². The fourth-order valence-corrected chi connectivity index (χ4v) is 1.48. The van der Waals surface area contributed by atoms with Crippen LogP contribution in [-0.4, -0.2) is 35.6 Å². The molecular weight excluding hydrogens is 250 g/mol. The zero-order valence-corrected chi connectivity index (χ0v) is 11.2. The van der Waals surface area contributed by atoms with Gasteiger partial charge in [0.05, 0.1) is 12.2 Å². The first-order chi connectivity index (χ1) is 8.95. The van der Waals surface area contributed by atoms with Crippen LogP contribution in [0, 0.1) is 0 Å². The number of carbonyl (C=O) groups is 1. The number of ether oxygens (including phenoxy) is 2. The molecule has 1 amide bonds. The molecule has 1 aliphatic heterocycles. The Labute approximate surface area is 112 Å². The van der Waals surface area contributed by atoms with E-state index in [0.717, 1.165) is 0 Å². The number of carboxylic acid groups (broad SMARTS) is 1. The van der Waals surface area contributed by atoms with Crippen molar-refractivity contribution in [1.82, 2.24) is 5.32 Å². The molecular formula is C13H19NO5. The molecule has 2 atom stereocenters. The Morgan fingerprint density at radius 3 is 2.11 bits per heavy atom. The minimum absolute atomic E-state index is 0.0691. The predicted octanol–water partition coefficient (Wildman–Crippen LogP) is 2.10. The van der Waals surface area contributed by atoms with Crippen LogP contribution in [0.25, 0.3) is 0 Å². The molecule has 19 heavy (non-hydrogen) atoms. The first-order valence-corrected chi connectivity index (χ1v) is 5.95. The van der Waals surface area contributed by atoms with E-state index in [1.165, 1.54) is 7.05 Å². The summed E-state index contributed by atoms with van der Waals surface area (Å²) in [5, 5.41) is 19.1. The van der Waals surface area contributed by atoms with Crippen LogP contribution < -0.4 is 5.32 Å². The SMILES string of the molecule is CC1OC(c2ccccc2O)OC1C.CNC(=O)O. The monoisotopic (exact) mass is 269 g/mol. The Morgan fingerprint density at radius 1 is 1.21 bits per heavy atom. The van der Waals surface area contributed by atoms with E-state index < -0.39 is 12.4 Å². The van der Waals surface area contributed by atoms with Crippen LogP contribution in [0.2, 0.25) is 0 Å². The number of phenols is 1. The summed E-state index contributed by atoms with van der Waals surface area (Å²) in [4.78, 5) is 9.26. The van der Waals surface area contributed by atoms with Gasteiger partial charge in [0.15, 0.2) is 6.29 Å². The fraction of sp³-hybridized carbons (Fsp3) is 0.462. The molecule has 3 N–H and O–H groups in total. The Balaban J connectivity index is 0.000000312. The number of phenolic OH excluding ortho intramolecular Hbond substituents is 1. The summed E-state index contributed by atoms with van der Waals surface area (Å²) in [7, 11) is 1.35. The van der Waals surface area contributed by atoms with Crippen LogP contribution >= 0.6 is 0 Å². The van der Waals surface area contributed by atoms with Crippen molar-refractivity contribution in [2.75, 3.05) is 7.05 Å².